The van der Waals surface area contributed by atoms with E-state index in [1.165, 1.54) is 12.3 Å². The van der Waals surface area contributed by atoms with Crippen molar-refractivity contribution in [3.8, 4) is 11.6 Å². The normalized spacial score (nSPS) is 10.2. The lowest BCUT2D eigenvalue weighted by molar-refractivity contribution is 0.0696. The number of rotatable bonds is 3. The largest absolute Gasteiger partial charge is 0.478 e. The molecule has 2 rings (SSSR count). The molecule has 0 saturated carbocycles. The molecular formula is C14H14N2O3. The third-order valence-corrected chi connectivity index (χ3v) is 2.68. The molecule has 0 amide bonds. The lowest BCUT2D eigenvalue weighted by Crippen LogP contribution is -2.02. The van der Waals surface area contributed by atoms with Gasteiger partial charge in [0.05, 0.1) is 11.3 Å². The van der Waals surface area contributed by atoms with Gasteiger partial charge in [-0.1, -0.05) is 12.1 Å². The predicted octanol–water partition coefficient (Wildman–Crippen LogP) is 2.77. The molecule has 3 N–H and O–H groups in total. The number of aromatic carboxylic acids is 1. The van der Waals surface area contributed by atoms with Crippen molar-refractivity contribution in [1.29, 1.82) is 0 Å². The summed E-state index contributed by atoms with van der Waals surface area (Å²) in [6.45, 7) is 3.87. The molecule has 0 spiro atoms. The van der Waals surface area contributed by atoms with Crippen molar-refractivity contribution in [2.45, 2.75) is 13.8 Å². The summed E-state index contributed by atoms with van der Waals surface area (Å²) in [5.74, 6) is -0.210. The highest BCUT2D eigenvalue weighted by atomic mass is 16.5. The van der Waals surface area contributed by atoms with Gasteiger partial charge in [0, 0.05) is 6.20 Å². The van der Waals surface area contributed by atoms with Crippen LogP contribution >= 0.6 is 0 Å². The smallest absolute Gasteiger partial charge is 0.337 e. The first-order chi connectivity index (χ1) is 8.97. The molecule has 0 saturated heterocycles. The molecular weight excluding hydrogens is 244 g/mol. The standard InChI is InChI=1S/C14H14N2O3/c1-8-3-4-9(2)12(5-8)19-13-11(15)6-10(7-16-13)14(17)18/h3-7H,15H2,1-2H3,(H,17,18). The monoisotopic (exact) mass is 258 g/mol. The van der Waals surface area contributed by atoms with Gasteiger partial charge in [-0.15, -0.1) is 0 Å². The average molecular weight is 258 g/mol. The Kier molecular flexibility index (Phi) is 3.37. The zero-order valence-corrected chi connectivity index (χ0v) is 10.7. The topological polar surface area (TPSA) is 85.4 Å². The van der Waals surface area contributed by atoms with Crippen LogP contribution in [0.4, 0.5) is 5.69 Å². The van der Waals surface area contributed by atoms with E-state index in [0.717, 1.165) is 11.1 Å². The van der Waals surface area contributed by atoms with Crippen LogP contribution in [0.5, 0.6) is 11.6 Å². The molecule has 1 aromatic heterocycles. The molecule has 19 heavy (non-hydrogen) atoms. The van der Waals surface area contributed by atoms with Crippen LogP contribution in [0, 0.1) is 13.8 Å². The Labute approximate surface area is 110 Å². The molecule has 98 valence electrons. The highest BCUT2D eigenvalue weighted by molar-refractivity contribution is 5.88. The zero-order valence-electron chi connectivity index (χ0n) is 10.7. The summed E-state index contributed by atoms with van der Waals surface area (Å²) in [6, 6.07) is 7.12. The van der Waals surface area contributed by atoms with Gasteiger partial charge in [-0.2, -0.15) is 0 Å². The van der Waals surface area contributed by atoms with Crippen LogP contribution in [-0.4, -0.2) is 16.1 Å². The van der Waals surface area contributed by atoms with Gasteiger partial charge in [0.1, 0.15) is 5.75 Å². The highest BCUT2D eigenvalue weighted by Gasteiger charge is 2.10. The molecule has 0 bridgehead atoms. The van der Waals surface area contributed by atoms with Gasteiger partial charge in [0.25, 0.3) is 0 Å². The molecule has 0 radical (unpaired) electrons. The Bertz CT molecular complexity index is 639. The predicted molar refractivity (Wildman–Crippen MR) is 71.6 cm³/mol. The summed E-state index contributed by atoms with van der Waals surface area (Å²) >= 11 is 0. The van der Waals surface area contributed by atoms with Crippen molar-refractivity contribution in [2.24, 2.45) is 0 Å². The molecule has 1 heterocycles. The number of anilines is 1. The first-order valence-electron chi connectivity index (χ1n) is 5.71. The number of hydrogen-bond donors (Lipinski definition) is 2. The maximum Gasteiger partial charge on any atom is 0.337 e. The summed E-state index contributed by atoms with van der Waals surface area (Å²) in [5.41, 5.74) is 7.98. The summed E-state index contributed by atoms with van der Waals surface area (Å²) in [7, 11) is 0. The van der Waals surface area contributed by atoms with Crippen LogP contribution < -0.4 is 10.5 Å². The SMILES string of the molecule is Cc1ccc(C)c(Oc2ncc(C(=O)O)cc2N)c1. The van der Waals surface area contributed by atoms with Gasteiger partial charge >= 0.3 is 5.97 Å². The number of benzene rings is 1. The second-order valence-electron chi connectivity index (χ2n) is 4.29. The van der Waals surface area contributed by atoms with Crippen molar-refractivity contribution in [1.82, 2.24) is 4.98 Å². The summed E-state index contributed by atoms with van der Waals surface area (Å²) in [6.07, 6.45) is 1.22. The first-order valence-corrected chi connectivity index (χ1v) is 5.71. The van der Waals surface area contributed by atoms with Crippen LogP contribution in [0.3, 0.4) is 0 Å². The van der Waals surface area contributed by atoms with E-state index in [0.29, 0.717) is 5.75 Å². The Balaban J connectivity index is 2.33. The lowest BCUT2D eigenvalue weighted by Gasteiger charge is -2.10. The zero-order chi connectivity index (χ0) is 14.0. The minimum Gasteiger partial charge on any atom is -0.478 e. The number of carbonyl (C=O) groups is 1. The number of ether oxygens (including phenoxy) is 1. The number of pyridine rings is 1. The third-order valence-electron chi connectivity index (χ3n) is 2.68. The van der Waals surface area contributed by atoms with E-state index in [1.54, 1.807) is 0 Å². The molecule has 1 aromatic carbocycles. The number of nitrogens with zero attached hydrogens (tertiary/aromatic N) is 1. The Hall–Kier alpha value is -2.56. The second-order valence-corrected chi connectivity index (χ2v) is 4.29. The van der Waals surface area contributed by atoms with Crippen molar-refractivity contribution < 1.29 is 14.6 Å². The molecule has 0 aliphatic carbocycles. The van der Waals surface area contributed by atoms with E-state index < -0.39 is 5.97 Å². The van der Waals surface area contributed by atoms with Crippen LogP contribution in [-0.2, 0) is 0 Å². The molecule has 5 nitrogen and oxygen atoms in total. The van der Waals surface area contributed by atoms with Gasteiger partial charge in [-0.05, 0) is 37.1 Å². The van der Waals surface area contributed by atoms with E-state index >= 15 is 0 Å². The van der Waals surface area contributed by atoms with Crippen LogP contribution in [0.2, 0.25) is 0 Å². The minimum absolute atomic E-state index is 0.0332. The van der Waals surface area contributed by atoms with Gasteiger partial charge in [0.15, 0.2) is 0 Å². The van der Waals surface area contributed by atoms with Gasteiger partial charge < -0.3 is 15.6 Å². The molecule has 0 aliphatic rings. The maximum absolute atomic E-state index is 10.8. The average Bonchev–Trinajstić information content (AvgIpc) is 2.36. The fraction of sp³-hybridized carbons (Fsp3) is 0.143. The van der Waals surface area contributed by atoms with Crippen molar-refractivity contribution in [2.75, 3.05) is 5.73 Å². The van der Waals surface area contributed by atoms with Crippen molar-refractivity contribution in [3.05, 3.63) is 47.2 Å². The van der Waals surface area contributed by atoms with Gasteiger partial charge in [-0.3, -0.25) is 0 Å². The van der Waals surface area contributed by atoms with Crippen molar-refractivity contribution >= 4 is 11.7 Å². The maximum atomic E-state index is 10.8. The van der Waals surface area contributed by atoms with Crippen LogP contribution in [0.15, 0.2) is 30.5 Å². The van der Waals surface area contributed by atoms with E-state index in [-0.39, 0.29) is 17.1 Å². The molecule has 2 aromatic rings. The fourth-order valence-corrected chi connectivity index (χ4v) is 1.59. The quantitative estimate of drug-likeness (QED) is 0.884. The van der Waals surface area contributed by atoms with Crippen LogP contribution in [0.25, 0.3) is 0 Å². The van der Waals surface area contributed by atoms with E-state index in [9.17, 15) is 4.79 Å². The van der Waals surface area contributed by atoms with E-state index in [4.69, 9.17) is 15.6 Å². The molecule has 0 atom stereocenters. The molecule has 0 unspecified atom stereocenters. The molecule has 0 aliphatic heterocycles. The molecule has 5 heteroatoms. The summed E-state index contributed by atoms with van der Waals surface area (Å²) < 4.78 is 5.63. The van der Waals surface area contributed by atoms with Gasteiger partial charge in [0.2, 0.25) is 5.88 Å². The number of aryl methyl sites for hydroxylation is 2. The molecule has 0 fully saturated rings. The lowest BCUT2D eigenvalue weighted by atomic mass is 10.1. The number of nitrogens with two attached hydrogens (primary N) is 1. The fourth-order valence-electron chi connectivity index (χ4n) is 1.59. The minimum atomic E-state index is -1.07. The number of hydrogen-bond acceptors (Lipinski definition) is 4. The van der Waals surface area contributed by atoms with E-state index in [2.05, 4.69) is 4.98 Å². The first kappa shape index (κ1) is 12.9. The highest BCUT2D eigenvalue weighted by Crippen LogP contribution is 2.28. The van der Waals surface area contributed by atoms with E-state index in [1.807, 2.05) is 32.0 Å². The van der Waals surface area contributed by atoms with Gasteiger partial charge in [-0.25, -0.2) is 9.78 Å². The second kappa shape index (κ2) is 4.97. The third kappa shape index (κ3) is 2.82. The Morgan fingerprint density at radius 2 is 2.05 bits per heavy atom. The summed E-state index contributed by atoms with van der Waals surface area (Å²) in [4.78, 5) is 14.7. The number of aromatic nitrogens is 1. The summed E-state index contributed by atoms with van der Waals surface area (Å²) in [5, 5.41) is 8.83. The van der Waals surface area contributed by atoms with Crippen molar-refractivity contribution in [3.63, 3.8) is 0 Å². The number of nitrogen functional groups attached to an aromatic ring is 1. The Morgan fingerprint density at radius 1 is 1.32 bits per heavy atom. The number of carboxylic acids is 1. The van der Waals surface area contributed by atoms with Crippen LogP contribution in [0.1, 0.15) is 21.5 Å². The number of carboxylic acid groups (broad SMARTS) is 1. The Morgan fingerprint density at radius 3 is 2.68 bits per heavy atom.